The lowest BCUT2D eigenvalue weighted by Gasteiger charge is -2.31. The monoisotopic (exact) mass is 208 g/mol. The number of nitrogens with one attached hydrogen (secondary N) is 1. The SMILES string of the molecule is CSC1=CN2CNC(=O)C(C)=C2C=C1. The van der Waals surface area contributed by atoms with Crippen molar-refractivity contribution in [1.29, 1.82) is 0 Å². The maximum Gasteiger partial charge on any atom is 0.250 e. The summed E-state index contributed by atoms with van der Waals surface area (Å²) in [6.45, 7) is 2.42. The van der Waals surface area contributed by atoms with Crippen LogP contribution < -0.4 is 5.32 Å². The first-order chi connectivity index (χ1) is 6.72. The second kappa shape index (κ2) is 3.53. The van der Waals surface area contributed by atoms with Crippen LogP contribution in [0.4, 0.5) is 0 Å². The molecule has 1 amide bonds. The maximum absolute atomic E-state index is 11.3. The van der Waals surface area contributed by atoms with E-state index >= 15 is 0 Å². The van der Waals surface area contributed by atoms with E-state index in [0.717, 1.165) is 11.3 Å². The van der Waals surface area contributed by atoms with Crippen molar-refractivity contribution in [2.45, 2.75) is 6.92 Å². The van der Waals surface area contributed by atoms with E-state index in [0.29, 0.717) is 6.67 Å². The van der Waals surface area contributed by atoms with Gasteiger partial charge in [-0.1, -0.05) is 0 Å². The first kappa shape index (κ1) is 9.40. The van der Waals surface area contributed by atoms with E-state index in [1.807, 2.05) is 25.3 Å². The Morgan fingerprint density at radius 3 is 3.00 bits per heavy atom. The molecule has 0 saturated carbocycles. The summed E-state index contributed by atoms with van der Waals surface area (Å²) in [5.41, 5.74) is 1.79. The molecule has 2 heterocycles. The van der Waals surface area contributed by atoms with E-state index in [1.54, 1.807) is 11.8 Å². The summed E-state index contributed by atoms with van der Waals surface area (Å²) in [5.74, 6) is 0.0295. The number of thioether (sulfide) groups is 1. The molecule has 0 bridgehead atoms. The first-order valence-electron chi connectivity index (χ1n) is 4.42. The van der Waals surface area contributed by atoms with Crippen LogP contribution in [0.15, 0.2) is 34.5 Å². The third-order valence-electron chi connectivity index (χ3n) is 2.37. The van der Waals surface area contributed by atoms with Crippen molar-refractivity contribution in [3.8, 4) is 0 Å². The number of fused-ring (bicyclic) bond motifs is 1. The number of allylic oxidation sites excluding steroid dienone is 2. The average molecular weight is 208 g/mol. The molecule has 2 aliphatic heterocycles. The van der Waals surface area contributed by atoms with Gasteiger partial charge in [-0.3, -0.25) is 4.79 Å². The molecule has 0 fully saturated rings. The maximum atomic E-state index is 11.3. The molecule has 0 aromatic rings. The molecule has 2 rings (SSSR count). The summed E-state index contributed by atoms with van der Waals surface area (Å²) in [7, 11) is 0. The van der Waals surface area contributed by atoms with Crippen LogP contribution in [0.1, 0.15) is 6.92 Å². The van der Waals surface area contributed by atoms with Gasteiger partial charge in [-0.2, -0.15) is 0 Å². The van der Waals surface area contributed by atoms with Crippen molar-refractivity contribution in [3.63, 3.8) is 0 Å². The number of hydrogen-bond donors (Lipinski definition) is 1. The topological polar surface area (TPSA) is 32.3 Å². The van der Waals surface area contributed by atoms with Gasteiger partial charge in [0.05, 0.1) is 12.4 Å². The van der Waals surface area contributed by atoms with E-state index in [9.17, 15) is 4.79 Å². The standard InChI is InChI=1S/C10H12N2OS/c1-7-9-4-3-8(14-2)5-12(9)6-11-10(7)13/h3-5H,6H2,1-2H3,(H,11,13). The third-order valence-corrected chi connectivity index (χ3v) is 3.08. The second-order valence-corrected chi connectivity index (χ2v) is 4.09. The molecule has 0 aromatic heterocycles. The fourth-order valence-electron chi connectivity index (χ4n) is 1.52. The summed E-state index contributed by atoms with van der Waals surface area (Å²) in [6.07, 6.45) is 8.14. The highest BCUT2D eigenvalue weighted by Gasteiger charge is 2.21. The van der Waals surface area contributed by atoms with E-state index < -0.39 is 0 Å². The number of carbonyl (C=O) groups is 1. The fraction of sp³-hybridized carbons (Fsp3) is 0.300. The first-order valence-corrected chi connectivity index (χ1v) is 5.64. The molecule has 1 N–H and O–H groups in total. The van der Waals surface area contributed by atoms with E-state index in [4.69, 9.17) is 0 Å². The van der Waals surface area contributed by atoms with E-state index in [-0.39, 0.29) is 5.91 Å². The summed E-state index contributed by atoms with van der Waals surface area (Å²) in [4.78, 5) is 14.6. The molecule has 0 radical (unpaired) electrons. The van der Waals surface area contributed by atoms with Gasteiger partial charge in [0.2, 0.25) is 5.91 Å². The summed E-state index contributed by atoms with van der Waals surface area (Å²) in [6, 6.07) is 0. The number of rotatable bonds is 1. The Morgan fingerprint density at radius 1 is 1.50 bits per heavy atom. The van der Waals surface area contributed by atoms with Crippen LogP contribution in [-0.4, -0.2) is 23.7 Å². The molecule has 0 saturated heterocycles. The minimum Gasteiger partial charge on any atom is -0.334 e. The number of carbonyl (C=O) groups excluding carboxylic acids is 1. The van der Waals surface area contributed by atoms with Gasteiger partial charge in [-0.05, 0) is 25.3 Å². The number of hydrogen-bond acceptors (Lipinski definition) is 3. The predicted molar refractivity (Wildman–Crippen MR) is 58.3 cm³/mol. The van der Waals surface area contributed by atoms with Crippen molar-refractivity contribution < 1.29 is 4.79 Å². The minimum absolute atomic E-state index is 0.0295. The van der Waals surface area contributed by atoms with Gasteiger partial charge in [0, 0.05) is 16.7 Å². The van der Waals surface area contributed by atoms with Gasteiger partial charge in [0.1, 0.15) is 0 Å². The van der Waals surface area contributed by atoms with Crippen LogP contribution in [0, 0.1) is 0 Å². The lowest BCUT2D eigenvalue weighted by atomic mass is 10.1. The van der Waals surface area contributed by atoms with Crippen molar-refractivity contribution in [1.82, 2.24) is 10.2 Å². The highest BCUT2D eigenvalue weighted by molar-refractivity contribution is 8.02. The van der Waals surface area contributed by atoms with Gasteiger partial charge in [-0.25, -0.2) is 0 Å². The van der Waals surface area contributed by atoms with Crippen LogP contribution in [-0.2, 0) is 4.79 Å². The zero-order valence-corrected chi connectivity index (χ0v) is 9.02. The van der Waals surface area contributed by atoms with Crippen molar-refractivity contribution in [3.05, 3.63) is 34.5 Å². The van der Waals surface area contributed by atoms with Crippen LogP contribution in [0.25, 0.3) is 0 Å². The zero-order chi connectivity index (χ0) is 10.1. The molecule has 3 nitrogen and oxygen atoms in total. The van der Waals surface area contributed by atoms with Gasteiger partial charge in [0.25, 0.3) is 0 Å². The summed E-state index contributed by atoms with van der Waals surface area (Å²) in [5, 5.41) is 2.82. The van der Waals surface area contributed by atoms with Crippen molar-refractivity contribution in [2.75, 3.05) is 12.9 Å². The number of nitrogens with zero attached hydrogens (tertiary/aromatic N) is 1. The Bertz CT molecular complexity index is 368. The Hall–Kier alpha value is -1.16. The Morgan fingerprint density at radius 2 is 2.29 bits per heavy atom. The molecule has 0 spiro atoms. The Balaban J connectivity index is 2.37. The highest BCUT2D eigenvalue weighted by Crippen LogP contribution is 2.26. The van der Waals surface area contributed by atoms with Gasteiger partial charge in [0.15, 0.2) is 0 Å². The molecule has 74 valence electrons. The summed E-state index contributed by atoms with van der Waals surface area (Å²) < 4.78 is 0. The van der Waals surface area contributed by atoms with Gasteiger partial charge in [-0.15, -0.1) is 11.8 Å². The fourth-order valence-corrected chi connectivity index (χ4v) is 1.96. The Labute approximate surface area is 87.5 Å². The highest BCUT2D eigenvalue weighted by atomic mass is 32.2. The normalized spacial score (nSPS) is 20.6. The Kier molecular flexibility index (Phi) is 2.37. The minimum atomic E-state index is 0.0295. The molecule has 14 heavy (non-hydrogen) atoms. The summed E-state index contributed by atoms with van der Waals surface area (Å²) >= 11 is 1.70. The third kappa shape index (κ3) is 1.46. The van der Waals surface area contributed by atoms with Gasteiger partial charge < -0.3 is 10.2 Å². The molecule has 2 aliphatic rings. The molecule has 0 aliphatic carbocycles. The van der Waals surface area contributed by atoms with Crippen LogP contribution in [0.5, 0.6) is 0 Å². The van der Waals surface area contributed by atoms with Gasteiger partial charge >= 0.3 is 0 Å². The molecular weight excluding hydrogens is 196 g/mol. The smallest absolute Gasteiger partial charge is 0.250 e. The van der Waals surface area contributed by atoms with Crippen molar-refractivity contribution in [2.24, 2.45) is 0 Å². The van der Waals surface area contributed by atoms with Crippen LogP contribution >= 0.6 is 11.8 Å². The van der Waals surface area contributed by atoms with Crippen LogP contribution in [0.3, 0.4) is 0 Å². The average Bonchev–Trinajstić information content (AvgIpc) is 2.23. The molecule has 0 atom stereocenters. The lowest BCUT2D eigenvalue weighted by molar-refractivity contribution is -0.118. The van der Waals surface area contributed by atoms with Crippen LogP contribution in [0.2, 0.25) is 0 Å². The van der Waals surface area contributed by atoms with E-state index in [1.165, 1.54) is 4.91 Å². The molecule has 0 unspecified atom stereocenters. The number of amides is 1. The second-order valence-electron chi connectivity index (χ2n) is 3.21. The zero-order valence-electron chi connectivity index (χ0n) is 8.20. The predicted octanol–water partition coefficient (Wildman–Crippen LogP) is 1.42. The van der Waals surface area contributed by atoms with E-state index in [2.05, 4.69) is 16.4 Å². The quantitative estimate of drug-likeness (QED) is 0.707. The lowest BCUT2D eigenvalue weighted by Crippen LogP contribution is -2.41. The molecule has 4 heteroatoms. The molecule has 0 aromatic carbocycles. The molecular formula is C10H12N2OS. The van der Waals surface area contributed by atoms with Crippen molar-refractivity contribution >= 4 is 17.7 Å². The largest absolute Gasteiger partial charge is 0.334 e.